The van der Waals surface area contributed by atoms with Gasteiger partial charge in [-0.2, -0.15) is 0 Å². The third-order valence-electron chi connectivity index (χ3n) is 6.27. The molecule has 3 rings (SSSR count). The fourth-order valence-corrected chi connectivity index (χ4v) is 4.18. The van der Waals surface area contributed by atoms with E-state index in [0.29, 0.717) is 6.42 Å². The number of benzene rings is 1. The van der Waals surface area contributed by atoms with Crippen molar-refractivity contribution in [2.75, 3.05) is 5.32 Å². The Morgan fingerprint density at radius 2 is 1.38 bits per heavy atom. The Bertz CT molecular complexity index is 970. The smallest absolute Gasteiger partial charge is 0.224 e. The highest BCUT2D eigenvalue weighted by Crippen LogP contribution is 2.17. The number of hydrogen-bond donors (Lipinski definition) is 1. The van der Waals surface area contributed by atoms with Crippen LogP contribution >= 0.6 is 0 Å². The summed E-state index contributed by atoms with van der Waals surface area (Å²) in [4.78, 5) is 20.9. The molecule has 0 aliphatic rings. The summed E-state index contributed by atoms with van der Waals surface area (Å²) in [5.74, 6) is 0.130. The van der Waals surface area contributed by atoms with Gasteiger partial charge in [0.2, 0.25) is 5.91 Å². The molecule has 0 radical (unpaired) electrons. The van der Waals surface area contributed by atoms with Gasteiger partial charge in [0.15, 0.2) is 0 Å². The van der Waals surface area contributed by atoms with Crippen LogP contribution in [-0.4, -0.2) is 15.9 Å². The molecule has 2 aromatic heterocycles. The first-order chi connectivity index (χ1) is 16.7. The van der Waals surface area contributed by atoms with E-state index in [-0.39, 0.29) is 5.91 Å². The van der Waals surface area contributed by atoms with Gasteiger partial charge in [-0.3, -0.25) is 14.8 Å². The molecule has 0 atom stereocenters. The van der Waals surface area contributed by atoms with E-state index in [1.54, 1.807) is 0 Å². The Labute approximate surface area is 205 Å². The predicted octanol–water partition coefficient (Wildman–Crippen LogP) is 7.79. The van der Waals surface area contributed by atoms with Gasteiger partial charge in [-0.25, -0.2) is 0 Å². The molecule has 0 aliphatic heterocycles. The Hall–Kier alpha value is -3.01. The summed E-state index contributed by atoms with van der Waals surface area (Å²) in [6.45, 7) is 2.14. The number of carbonyl (C=O) groups excluding carboxylic acids is 1. The van der Waals surface area contributed by atoms with Crippen LogP contribution in [0.2, 0.25) is 0 Å². The fourth-order valence-electron chi connectivity index (χ4n) is 4.18. The molecule has 0 saturated heterocycles. The van der Waals surface area contributed by atoms with Crippen LogP contribution in [0, 0.1) is 0 Å². The van der Waals surface area contributed by atoms with Crippen molar-refractivity contribution >= 4 is 11.6 Å². The van der Waals surface area contributed by atoms with Crippen molar-refractivity contribution in [2.24, 2.45) is 0 Å². The van der Waals surface area contributed by atoms with Crippen LogP contribution in [0.25, 0.3) is 11.4 Å². The molecule has 3 aromatic rings. The second-order valence-corrected chi connectivity index (χ2v) is 9.04. The molecule has 0 saturated carbocycles. The number of anilines is 1. The molecule has 180 valence electrons. The first-order valence-corrected chi connectivity index (χ1v) is 13.0. The van der Waals surface area contributed by atoms with E-state index < -0.39 is 0 Å². The molecule has 0 spiro atoms. The SMILES string of the molecule is CCc1ccc(NC(=O)CCCCCCCCCCCc2ccnc(-c3ccccn3)c2)cc1. The molecule has 4 nitrogen and oxygen atoms in total. The van der Waals surface area contributed by atoms with Gasteiger partial charge in [-0.1, -0.05) is 70.1 Å². The normalized spacial score (nSPS) is 10.9. The summed E-state index contributed by atoms with van der Waals surface area (Å²) in [5, 5.41) is 3.00. The molecular formula is C30H39N3O. The van der Waals surface area contributed by atoms with Crippen molar-refractivity contribution in [3.05, 3.63) is 78.1 Å². The quantitative estimate of drug-likeness (QED) is 0.237. The number of aryl methyl sites for hydroxylation is 2. The molecule has 0 bridgehead atoms. The highest BCUT2D eigenvalue weighted by molar-refractivity contribution is 5.90. The number of hydrogen-bond acceptors (Lipinski definition) is 3. The Morgan fingerprint density at radius 3 is 2.06 bits per heavy atom. The van der Waals surface area contributed by atoms with Gasteiger partial charge < -0.3 is 5.32 Å². The highest BCUT2D eigenvalue weighted by Gasteiger charge is 2.03. The fraction of sp³-hybridized carbons (Fsp3) is 0.433. The maximum absolute atomic E-state index is 12.1. The number of aromatic nitrogens is 2. The number of amides is 1. The second-order valence-electron chi connectivity index (χ2n) is 9.04. The van der Waals surface area contributed by atoms with E-state index in [1.807, 2.05) is 42.7 Å². The van der Waals surface area contributed by atoms with Crippen molar-refractivity contribution in [3.8, 4) is 11.4 Å². The number of nitrogens with zero attached hydrogens (tertiary/aromatic N) is 2. The van der Waals surface area contributed by atoms with Crippen LogP contribution in [0.3, 0.4) is 0 Å². The first-order valence-electron chi connectivity index (χ1n) is 13.0. The topological polar surface area (TPSA) is 54.9 Å². The lowest BCUT2D eigenvalue weighted by molar-refractivity contribution is -0.116. The third-order valence-corrected chi connectivity index (χ3v) is 6.27. The minimum absolute atomic E-state index is 0.130. The lowest BCUT2D eigenvalue weighted by Gasteiger charge is -2.06. The molecule has 0 fully saturated rings. The molecule has 1 N–H and O–H groups in total. The standard InChI is InChI=1S/C30H39N3O/c1-2-25-17-19-27(20-18-25)33-30(34)16-11-9-7-5-3-4-6-8-10-14-26-21-23-32-29(24-26)28-15-12-13-22-31-28/h12-13,15,17-24H,2-11,14,16H2,1H3,(H,33,34). The van der Waals surface area contributed by atoms with Crippen LogP contribution < -0.4 is 5.32 Å². The van der Waals surface area contributed by atoms with Gasteiger partial charge in [-0.15, -0.1) is 0 Å². The zero-order chi connectivity index (χ0) is 23.8. The molecule has 4 heteroatoms. The van der Waals surface area contributed by atoms with Gasteiger partial charge in [-0.05, 0) is 73.2 Å². The second kappa shape index (κ2) is 15.0. The van der Waals surface area contributed by atoms with Gasteiger partial charge in [0, 0.05) is 24.5 Å². The summed E-state index contributed by atoms with van der Waals surface area (Å²) in [5.41, 5.74) is 5.44. The van der Waals surface area contributed by atoms with Crippen molar-refractivity contribution in [1.29, 1.82) is 0 Å². The van der Waals surface area contributed by atoms with Crippen LogP contribution in [0.1, 0.15) is 82.3 Å². The number of carbonyl (C=O) groups is 1. The van der Waals surface area contributed by atoms with Crippen molar-refractivity contribution in [2.45, 2.75) is 84.0 Å². The Morgan fingerprint density at radius 1 is 0.706 bits per heavy atom. The van der Waals surface area contributed by atoms with E-state index >= 15 is 0 Å². The molecule has 1 aromatic carbocycles. The number of pyridine rings is 2. The van der Waals surface area contributed by atoms with Crippen molar-refractivity contribution < 1.29 is 4.79 Å². The van der Waals surface area contributed by atoms with Gasteiger partial charge >= 0.3 is 0 Å². The van der Waals surface area contributed by atoms with E-state index in [4.69, 9.17) is 0 Å². The minimum atomic E-state index is 0.130. The molecular weight excluding hydrogens is 418 g/mol. The zero-order valence-electron chi connectivity index (χ0n) is 20.6. The molecule has 0 aliphatic carbocycles. The summed E-state index contributed by atoms with van der Waals surface area (Å²) in [7, 11) is 0. The van der Waals surface area contributed by atoms with E-state index in [1.165, 1.54) is 56.1 Å². The number of unbranched alkanes of at least 4 members (excludes halogenated alkanes) is 8. The maximum atomic E-state index is 12.1. The Kier molecular flexibility index (Phi) is 11.3. The summed E-state index contributed by atoms with van der Waals surface area (Å²) in [6.07, 6.45) is 17.5. The van der Waals surface area contributed by atoms with E-state index in [9.17, 15) is 4.79 Å². The summed E-state index contributed by atoms with van der Waals surface area (Å²) < 4.78 is 0. The molecule has 2 heterocycles. The summed E-state index contributed by atoms with van der Waals surface area (Å²) >= 11 is 0. The monoisotopic (exact) mass is 457 g/mol. The lowest BCUT2D eigenvalue weighted by atomic mass is 10.0. The summed E-state index contributed by atoms with van der Waals surface area (Å²) in [6, 6.07) is 18.4. The first kappa shape index (κ1) is 25.6. The average molecular weight is 458 g/mol. The molecule has 34 heavy (non-hydrogen) atoms. The zero-order valence-corrected chi connectivity index (χ0v) is 20.6. The largest absolute Gasteiger partial charge is 0.326 e. The van der Waals surface area contributed by atoms with E-state index in [2.05, 4.69) is 46.5 Å². The highest BCUT2D eigenvalue weighted by atomic mass is 16.1. The van der Waals surface area contributed by atoms with Crippen LogP contribution in [0.15, 0.2) is 67.0 Å². The van der Waals surface area contributed by atoms with Gasteiger partial charge in [0.25, 0.3) is 0 Å². The van der Waals surface area contributed by atoms with Gasteiger partial charge in [0.05, 0.1) is 11.4 Å². The van der Waals surface area contributed by atoms with Crippen LogP contribution in [0.4, 0.5) is 5.69 Å². The predicted molar refractivity (Wildman–Crippen MR) is 142 cm³/mol. The van der Waals surface area contributed by atoms with E-state index in [0.717, 1.165) is 42.8 Å². The van der Waals surface area contributed by atoms with Crippen molar-refractivity contribution in [3.63, 3.8) is 0 Å². The minimum Gasteiger partial charge on any atom is -0.326 e. The van der Waals surface area contributed by atoms with Crippen molar-refractivity contribution in [1.82, 2.24) is 9.97 Å². The lowest BCUT2D eigenvalue weighted by Crippen LogP contribution is -2.10. The maximum Gasteiger partial charge on any atom is 0.224 e. The number of nitrogens with one attached hydrogen (secondary N) is 1. The average Bonchev–Trinajstić information content (AvgIpc) is 2.88. The molecule has 1 amide bonds. The van der Waals surface area contributed by atoms with Crippen LogP contribution in [0.5, 0.6) is 0 Å². The molecule has 0 unspecified atom stereocenters. The third kappa shape index (κ3) is 9.46. The number of rotatable bonds is 15. The van der Waals surface area contributed by atoms with Crippen LogP contribution in [-0.2, 0) is 17.6 Å². The Balaban J connectivity index is 1.16. The van der Waals surface area contributed by atoms with Gasteiger partial charge in [0.1, 0.15) is 0 Å².